The Labute approximate surface area is 96.8 Å². The van der Waals surface area contributed by atoms with E-state index in [1.165, 1.54) is 10.6 Å². The smallest absolute Gasteiger partial charge is 0.305 e. The van der Waals surface area contributed by atoms with Gasteiger partial charge in [-0.3, -0.25) is 14.3 Å². The summed E-state index contributed by atoms with van der Waals surface area (Å²) < 4.78 is 1.28. The van der Waals surface area contributed by atoms with Gasteiger partial charge in [-0.05, 0) is 25.0 Å². The van der Waals surface area contributed by atoms with Crippen LogP contribution in [0, 0.1) is 0 Å². The Morgan fingerprint density at radius 3 is 2.71 bits per heavy atom. The fraction of sp³-hybridized carbons (Fsp3) is 0.250. The van der Waals surface area contributed by atoms with E-state index in [-0.39, 0.29) is 17.3 Å². The van der Waals surface area contributed by atoms with Crippen LogP contribution in [0.3, 0.4) is 0 Å². The van der Waals surface area contributed by atoms with E-state index in [0.29, 0.717) is 11.4 Å². The number of pyridine rings is 1. The first-order chi connectivity index (χ1) is 8.25. The second-order valence-electron chi connectivity index (χ2n) is 4.14. The number of hydrogen-bond acceptors (Lipinski definition) is 3. The van der Waals surface area contributed by atoms with E-state index < -0.39 is 0 Å². The quantitative estimate of drug-likeness (QED) is 0.833. The van der Waals surface area contributed by atoms with E-state index in [9.17, 15) is 9.59 Å². The van der Waals surface area contributed by atoms with E-state index >= 15 is 0 Å². The summed E-state index contributed by atoms with van der Waals surface area (Å²) in [6, 6.07) is 6.87. The van der Waals surface area contributed by atoms with Crippen LogP contribution in [0.4, 0.5) is 0 Å². The van der Waals surface area contributed by atoms with Crippen molar-refractivity contribution in [2.75, 3.05) is 0 Å². The number of rotatable bonds is 2. The molecule has 1 saturated carbocycles. The maximum atomic E-state index is 11.8. The fourth-order valence-electron chi connectivity index (χ4n) is 1.84. The molecule has 1 N–H and O–H groups in total. The van der Waals surface area contributed by atoms with E-state index in [1.54, 1.807) is 18.3 Å². The van der Waals surface area contributed by atoms with E-state index in [4.69, 9.17) is 0 Å². The molecule has 0 bridgehead atoms. The zero-order valence-corrected chi connectivity index (χ0v) is 9.09. The number of H-pyrrole nitrogens is 1. The van der Waals surface area contributed by atoms with Gasteiger partial charge in [0.2, 0.25) is 0 Å². The molecular formula is C12H11N3O2. The Balaban J connectivity index is 2.15. The Kier molecular flexibility index (Phi) is 2.18. The third kappa shape index (κ3) is 1.80. The molecule has 2 heterocycles. The molecule has 86 valence electrons. The van der Waals surface area contributed by atoms with Crippen molar-refractivity contribution in [2.45, 2.75) is 18.9 Å². The predicted octanol–water partition coefficient (Wildman–Crippen LogP) is 0.933. The van der Waals surface area contributed by atoms with Gasteiger partial charge in [0.1, 0.15) is 0 Å². The first kappa shape index (κ1) is 10.0. The van der Waals surface area contributed by atoms with Gasteiger partial charge in [-0.2, -0.15) is 0 Å². The first-order valence-corrected chi connectivity index (χ1v) is 5.53. The van der Waals surface area contributed by atoms with Crippen LogP contribution in [-0.2, 0) is 0 Å². The molecule has 0 saturated heterocycles. The summed E-state index contributed by atoms with van der Waals surface area (Å²) >= 11 is 0. The summed E-state index contributed by atoms with van der Waals surface area (Å²) in [5.74, 6) is 0. The summed E-state index contributed by atoms with van der Waals surface area (Å²) in [5.41, 5.74) is 0.472. The zero-order chi connectivity index (χ0) is 11.8. The summed E-state index contributed by atoms with van der Waals surface area (Å²) in [6.45, 7) is 0. The molecule has 2 aromatic rings. The van der Waals surface area contributed by atoms with Crippen molar-refractivity contribution in [1.82, 2.24) is 14.5 Å². The summed E-state index contributed by atoms with van der Waals surface area (Å²) in [5, 5.41) is 0. The standard InChI is InChI=1S/C12H11N3O2/c16-11-7-10(9-3-1-2-6-13-9)14-12(17)15(11)8-4-5-8/h1-3,6-8H,4-5H2,(H,14,17). The highest BCUT2D eigenvalue weighted by Crippen LogP contribution is 2.32. The average molecular weight is 229 g/mol. The molecule has 0 aromatic carbocycles. The topological polar surface area (TPSA) is 67.8 Å². The Morgan fingerprint density at radius 2 is 2.12 bits per heavy atom. The van der Waals surface area contributed by atoms with Crippen LogP contribution in [0.1, 0.15) is 18.9 Å². The molecule has 2 aromatic heterocycles. The molecule has 1 aliphatic carbocycles. The van der Waals surface area contributed by atoms with Gasteiger partial charge in [-0.25, -0.2) is 4.79 Å². The van der Waals surface area contributed by atoms with Gasteiger partial charge in [0.05, 0.1) is 11.4 Å². The van der Waals surface area contributed by atoms with Crippen molar-refractivity contribution in [3.63, 3.8) is 0 Å². The average Bonchev–Trinajstić information content (AvgIpc) is 3.14. The van der Waals surface area contributed by atoms with Crippen molar-refractivity contribution >= 4 is 0 Å². The predicted molar refractivity (Wildman–Crippen MR) is 62.8 cm³/mol. The highest BCUT2D eigenvalue weighted by molar-refractivity contribution is 5.52. The fourth-order valence-corrected chi connectivity index (χ4v) is 1.84. The van der Waals surface area contributed by atoms with Crippen LogP contribution in [0.25, 0.3) is 11.4 Å². The summed E-state index contributed by atoms with van der Waals surface area (Å²) in [6.07, 6.45) is 3.44. The molecule has 3 rings (SSSR count). The van der Waals surface area contributed by atoms with Gasteiger partial charge in [-0.15, -0.1) is 0 Å². The van der Waals surface area contributed by atoms with Gasteiger partial charge < -0.3 is 4.98 Å². The molecule has 0 aliphatic heterocycles. The largest absolute Gasteiger partial charge is 0.329 e. The molecule has 0 amide bonds. The van der Waals surface area contributed by atoms with Gasteiger partial charge in [0.15, 0.2) is 0 Å². The normalized spacial score (nSPS) is 14.8. The minimum Gasteiger partial charge on any atom is -0.305 e. The van der Waals surface area contributed by atoms with Crippen LogP contribution in [0.2, 0.25) is 0 Å². The molecule has 0 radical (unpaired) electrons. The van der Waals surface area contributed by atoms with Gasteiger partial charge in [0.25, 0.3) is 5.56 Å². The molecule has 5 heteroatoms. The number of nitrogens with one attached hydrogen (secondary N) is 1. The third-order valence-electron chi connectivity index (χ3n) is 2.82. The van der Waals surface area contributed by atoms with Crippen LogP contribution in [-0.4, -0.2) is 14.5 Å². The molecule has 1 fully saturated rings. The van der Waals surface area contributed by atoms with Crippen molar-refractivity contribution in [3.05, 3.63) is 51.3 Å². The third-order valence-corrected chi connectivity index (χ3v) is 2.82. The summed E-state index contributed by atoms with van der Waals surface area (Å²) in [7, 11) is 0. The molecular weight excluding hydrogens is 218 g/mol. The molecule has 0 unspecified atom stereocenters. The lowest BCUT2D eigenvalue weighted by molar-refractivity contribution is 0.656. The maximum absolute atomic E-state index is 11.8. The SMILES string of the molecule is O=c1cc(-c2ccccn2)[nH]c(=O)n1C1CC1. The lowest BCUT2D eigenvalue weighted by Gasteiger charge is -2.04. The Hall–Kier alpha value is -2.17. The highest BCUT2D eigenvalue weighted by atomic mass is 16.2. The highest BCUT2D eigenvalue weighted by Gasteiger charge is 2.26. The van der Waals surface area contributed by atoms with Crippen LogP contribution >= 0.6 is 0 Å². The molecule has 1 aliphatic rings. The zero-order valence-electron chi connectivity index (χ0n) is 9.09. The number of nitrogens with zero attached hydrogens (tertiary/aromatic N) is 2. The first-order valence-electron chi connectivity index (χ1n) is 5.53. The Morgan fingerprint density at radius 1 is 1.29 bits per heavy atom. The van der Waals surface area contributed by atoms with Crippen molar-refractivity contribution < 1.29 is 0 Å². The second-order valence-corrected chi connectivity index (χ2v) is 4.14. The summed E-state index contributed by atoms with van der Waals surface area (Å²) in [4.78, 5) is 30.4. The molecule has 17 heavy (non-hydrogen) atoms. The van der Waals surface area contributed by atoms with E-state index in [0.717, 1.165) is 12.8 Å². The molecule has 0 atom stereocenters. The van der Waals surface area contributed by atoms with Crippen molar-refractivity contribution in [2.24, 2.45) is 0 Å². The molecule has 0 spiro atoms. The minimum atomic E-state index is -0.347. The second kappa shape index (κ2) is 3.69. The number of aromatic amines is 1. The van der Waals surface area contributed by atoms with E-state index in [1.807, 2.05) is 6.07 Å². The van der Waals surface area contributed by atoms with Crippen molar-refractivity contribution in [1.29, 1.82) is 0 Å². The van der Waals surface area contributed by atoms with E-state index in [2.05, 4.69) is 9.97 Å². The van der Waals surface area contributed by atoms with Crippen LogP contribution in [0.5, 0.6) is 0 Å². The minimum absolute atomic E-state index is 0.0871. The number of aromatic nitrogens is 3. The molecule has 5 nitrogen and oxygen atoms in total. The monoisotopic (exact) mass is 229 g/mol. The lowest BCUT2D eigenvalue weighted by atomic mass is 10.2. The lowest BCUT2D eigenvalue weighted by Crippen LogP contribution is -2.34. The maximum Gasteiger partial charge on any atom is 0.329 e. The van der Waals surface area contributed by atoms with Crippen LogP contribution < -0.4 is 11.2 Å². The van der Waals surface area contributed by atoms with Crippen LogP contribution in [0.15, 0.2) is 40.1 Å². The van der Waals surface area contributed by atoms with Crippen molar-refractivity contribution in [3.8, 4) is 11.4 Å². The van der Waals surface area contributed by atoms with Gasteiger partial charge in [0, 0.05) is 18.3 Å². The van der Waals surface area contributed by atoms with Gasteiger partial charge >= 0.3 is 5.69 Å². The number of hydrogen-bond donors (Lipinski definition) is 1. The van der Waals surface area contributed by atoms with Gasteiger partial charge in [-0.1, -0.05) is 6.07 Å². The Bertz CT molecular complexity index is 622.